The standard InChI is InChI=1S/C15H20BrNO2/c1-10(2)7-13(16)9-17-15(18)12-3-4-14-11(8-12)5-6-19-14/h3-4,8,10,13H,5-7,9H2,1-2H3,(H,17,18). The highest BCUT2D eigenvalue weighted by Gasteiger charge is 2.15. The number of rotatable bonds is 5. The number of benzene rings is 1. The molecule has 0 fully saturated rings. The molecular weight excluding hydrogens is 306 g/mol. The van der Waals surface area contributed by atoms with Crippen LogP contribution in [0.2, 0.25) is 0 Å². The topological polar surface area (TPSA) is 38.3 Å². The maximum atomic E-state index is 12.1. The Morgan fingerprint density at radius 2 is 2.26 bits per heavy atom. The van der Waals surface area contributed by atoms with E-state index < -0.39 is 0 Å². The second-order valence-electron chi connectivity index (χ2n) is 5.36. The van der Waals surface area contributed by atoms with Crippen LogP contribution in [0.15, 0.2) is 18.2 Å². The minimum Gasteiger partial charge on any atom is -0.493 e. The molecule has 1 atom stereocenters. The molecule has 1 unspecified atom stereocenters. The summed E-state index contributed by atoms with van der Waals surface area (Å²) in [6.07, 6.45) is 1.95. The first kappa shape index (κ1) is 14.4. The van der Waals surface area contributed by atoms with Crippen LogP contribution in [0.3, 0.4) is 0 Å². The van der Waals surface area contributed by atoms with Crippen LogP contribution in [0.25, 0.3) is 0 Å². The number of amides is 1. The highest BCUT2D eigenvalue weighted by atomic mass is 79.9. The van der Waals surface area contributed by atoms with Crippen molar-refractivity contribution in [3.8, 4) is 5.75 Å². The number of nitrogens with one attached hydrogen (secondary N) is 1. The first-order valence-electron chi connectivity index (χ1n) is 6.74. The molecule has 1 aromatic rings. The summed E-state index contributed by atoms with van der Waals surface area (Å²) in [5.41, 5.74) is 1.85. The van der Waals surface area contributed by atoms with Crippen molar-refractivity contribution < 1.29 is 9.53 Å². The smallest absolute Gasteiger partial charge is 0.251 e. The molecule has 1 aliphatic heterocycles. The molecule has 2 rings (SSSR count). The number of hydrogen-bond donors (Lipinski definition) is 1. The third kappa shape index (κ3) is 3.96. The quantitative estimate of drug-likeness (QED) is 0.844. The Hall–Kier alpha value is -1.03. The van der Waals surface area contributed by atoms with Crippen LogP contribution in [-0.4, -0.2) is 23.9 Å². The lowest BCUT2D eigenvalue weighted by Gasteiger charge is -2.13. The first-order valence-corrected chi connectivity index (χ1v) is 7.66. The Kier molecular flexibility index (Phi) is 4.86. The lowest BCUT2D eigenvalue weighted by atomic mass is 10.1. The van der Waals surface area contributed by atoms with Crippen molar-refractivity contribution >= 4 is 21.8 Å². The predicted octanol–water partition coefficient (Wildman–Crippen LogP) is 3.16. The van der Waals surface area contributed by atoms with Crippen LogP contribution < -0.4 is 10.1 Å². The fraction of sp³-hybridized carbons (Fsp3) is 0.533. The van der Waals surface area contributed by atoms with Gasteiger partial charge in [0.1, 0.15) is 5.75 Å². The summed E-state index contributed by atoms with van der Waals surface area (Å²) < 4.78 is 5.44. The van der Waals surface area contributed by atoms with Crippen LogP contribution in [0.1, 0.15) is 36.2 Å². The van der Waals surface area contributed by atoms with Crippen molar-refractivity contribution in [1.29, 1.82) is 0 Å². The monoisotopic (exact) mass is 325 g/mol. The third-order valence-electron chi connectivity index (χ3n) is 3.16. The van der Waals surface area contributed by atoms with E-state index >= 15 is 0 Å². The molecule has 0 saturated heterocycles. The molecule has 3 nitrogen and oxygen atoms in total. The molecule has 4 heteroatoms. The fourth-order valence-corrected chi connectivity index (χ4v) is 3.14. The molecule has 0 aliphatic carbocycles. The number of carbonyl (C=O) groups is 1. The van der Waals surface area contributed by atoms with Crippen LogP contribution in [0.4, 0.5) is 0 Å². The van der Waals surface area contributed by atoms with E-state index in [1.807, 2.05) is 18.2 Å². The molecule has 0 radical (unpaired) electrons. The van der Waals surface area contributed by atoms with E-state index in [4.69, 9.17) is 4.74 Å². The van der Waals surface area contributed by atoms with Crippen molar-refractivity contribution in [1.82, 2.24) is 5.32 Å². The zero-order valence-corrected chi connectivity index (χ0v) is 13.0. The highest BCUT2D eigenvalue weighted by Crippen LogP contribution is 2.25. The van der Waals surface area contributed by atoms with Gasteiger partial charge in [0, 0.05) is 23.4 Å². The SMILES string of the molecule is CC(C)CC(Br)CNC(=O)c1ccc2c(c1)CCO2. The summed E-state index contributed by atoms with van der Waals surface area (Å²) in [6, 6.07) is 5.64. The first-order chi connectivity index (χ1) is 9.06. The average molecular weight is 326 g/mol. The molecule has 104 valence electrons. The van der Waals surface area contributed by atoms with Crippen LogP contribution in [0, 0.1) is 5.92 Å². The Labute approximate surface area is 122 Å². The van der Waals surface area contributed by atoms with Crippen LogP contribution >= 0.6 is 15.9 Å². The summed E-state index contributed by atoms with van der Waals surface area (Å²) in [4.78, 5) is 12.4. The second kappa shape index (κ2) is 6.42. The molecule has 1 aliphatic rings. The van der Waals surface area contributed by atoms with Crippen molar-refractivity contribution in [2.24, 2.45) is 5.92 Å². The Morgan fingerprint density at radius 3 is 3.00 bits per heavy atom. The van der Waals surface area contributed by atoms with Gasteiger partial charge in [-0.2, -0.15) is 0 Å². The fourth-order valence-electron chi connectivity index (χ4n) is 2.23. The highest BCUT2D eigenvalue weighted by molar-refractivity contribution is 9.09. The van der Waals surface area contributed by atoms with Gasteiger partial charge in [-0.15, -0.1) is 0 Å². The predicted molar refractivity (Wildman–Crippen MR) is 80.1 cm³/mol. The summed E-state index contributed by atoms with van der Waals surface area (Å²) in [7, 11) is 0. The largest absolute Gasteiger partial charge is 0.493 e. The minimum atomic E-state index is -0.0112. The zero-order chi connectivity index (χ0) is 13.8. The minimum absolute atomic E-state index is 0.0112. The van der Waals surface area contributed by atoms with E-state index in [-0.39, 0.29) is 5.91 Å². The molecule has 1 amide bonds. The number of halogens is 1. The van der Waals surface area contributed by atoms with Gasteiger partial charge >= 0.3 is 0 Å². The van der Waals surface area contributed by atoms with Crippen molar-refractivity contribution in [3.63, 3.8) is 0 Å². The van der Waals surface area contributed by atoms with E-state index in [0.29, 0.717) is 22.9 Å². The normalized spacial score (nSPS) is 14.9. The molecule has 19 heavy (non-hydrogen) atoms. The summed E-state index contributed by atoms with van der Waals surface area (Å²) in [6.45, 7) is 5.73. The van der Waals surface area contributed by atoms with Crippen LogP contribution in [0.5, 0.6) is 5.75 Å². The summed E-state index contributed by atoms with van der Waals surface area (Å²) in [5.74, 6) is 1.52. The number of hydrogen-bond acceptors (Lipinski definition) is 2. The number of alkyl halides is 1. The van der Waals surface area contributed by atoms with E-state index in [0.717, 1.165) is 30.8 Å². The number of fused-ring (bicyclic) bond motifs is 1. The molecule has 1 aromatic carbocycles. The molecule has 1 N–H and O–H groups in total. The zero-order valence-electron chi connectivity index (χ0n) is 11.4. The summed E-state index contributed by atoms with van der Waals surface area (Å²) >= 11 is 3.59. The van der Waals surface area contributed by atoms with Gasteiger partial charge in [0.2, 0.25) is 0 Å². The Balaban J connectivity index is 1.90. The third-order valence-corrected chi connectivity index (χ3v) is 3.86. The maximum Gasteiger partial charge on any atom is 0.251 e. The van der Waals surface area contributed by atoms with E-state index in [1.165, 1.54) is 0 Å². The lowest BCUT2D eigenvalue weighted by Crippen LogP contribution is -2.30. The number of ether oxygens (including phenoxy) is 1. The lowest BCUT2D eigenvalue weighted by molar-refractivity contribution is 0.0953. The molecule has 0 aromatic heterocycles. The molecule has 1 heterocycles. The molecule has 0 bridgehead atoms. The Morgan fingerprint density at radius 1 is 1.47 bits per heavy atom. The summed E-state index contributed by atoms with van der Waals surface area (Å²) in [5, 5.41) is 2.97. The molecular formula is C15H20BrNO2. The van der Waals surface area contributed by atoms with Crippen molar-refractivity contribution in [3.05, 3.63) is 29.3 Å². The van der Waals surface area contributed by atoms with Gasteiger partial charge in [-0.05, 0) is 36.1 Å². The molecule has 0 spiro atoms. The number of carbonyl (C=O) groups excluding carboxylic acids is 1. The van der Waals surface area contributed by atoms with Crippen molar-refractivity contribution in [2.75, 3.05) is 13.2 Å². The van der Waals surface area contributed by atoms with Gasteiger partial charge in [0.05, 0.1) is 6.61 Å². The second-order valence-corrected chi connectivity index (χ2v) is 6.65. The van der Waals surface area contributed by atoms with Gasteiger partial charge < -0.3 is 10.1 Å². The Bertz CT molecular complexity index is 459. The van der Waals surface area contributed by atoms with Crippen molar-refractivity contribution in [2.45, 2.75) is 31.5 Å². The van der Waals surface area contributed by atoms with Gasteiger partial charge in [0.15, 0.2) is 0 Å². The molecule has 0 saturated carbocycles. The average Bonchev–Trinajstić information content (AvgIpc) is 2.82. The van der Waals surface area contributed by atoms with E-state index in [2.05, 4.69) is 35.1 Å². The van der Waals surface area contributed by atoms with Gasteiger partial charge in [-0.25, -0.2) is 0 Å². The van der Waals surface area contributed by atoms with Gasteiger partial charge in [-0.1, -0.05) is 29.8 Å². The maximum absolute atomic E-state index is 12.1. The van der Waals surface area contributed by atoms with Gasteiger partial charge in [-0.3, -0.25) is 4.79 Å². The van der Waals surface area contributed by atoms with E-state index in [1.54, 1.807) is 0 Å². The van der Waals surface area contributed by atoms with Crippen LogP contribution in [-0.2, 0) is 6.42 Å². The van der Waals surface area contributed by atoms with E-state index in [9.17, 15) is 4.79 Å². The van der Waals surface area contributed by atoms with Gasteiger partial charge in [0.25, 0.3) is 5.91 Å².